The van der Waals surface area contributed by atoms with Crippen LogP contribution in [-0.4, -0.2) is 18.4 Å². The molecule has 0 aliphatic carbocycles. The molecule has 0 spiro atoms. The molecule has 0 bridgehead atoms. The molecule has 4 rings (SSSR count). The molecule has 1 aromatic heterocycles. The lowest BCUT2D eigenvalue weighted by Gasteiger charge is -2.22. The number of anilines is 2. The van der Waals surface area contributed by atoms with Crippen LogP contribution in [-0.2, 0) is 6.42 Å². The van der Waals surface area contributed by atoms with Crippen molar-refractivity contribution < 1.29 is 9.59 Å². The molecule has 0 unspecified atom stereocenters. The number of amides is 2. The molecule has 0 radical (unpaired) electrons. The molecule has 6 heteroatoms. The van der Waals surface area contributed by atoms with Gasteiger partial charge in [-0.2, -0.15) is 0 Å². The van der Waals surface area contributed by atoms with Crippen LogP contribution in [0.3, 0.4) is 0 Å². The lowest BCUT2D eigenvalue weighted by Crippen LogP contribution is -2.31. The van der Waals surface area contributed by atoms with Gasteiger partial charge in [-0.25, -0.2) is 0 Å². The number of carbonyl (C=O) groups excluding carboxylic acids is 2. The van der Waals surface area contributed by atoms with Gasteiger partial charge in [-0.05, 0) is 74.9 Å². The van der Waals surface area contributed by atoms with Crippen molar-refractivity contribution in [3.8, 4) is 0 Å². The predicted molar refractivity (Wildman–Crippen MR) is 124 cm³/mol. The van der Waals surface area contributed by atoms with Crippen LogP contribution >= 0.6 is 22.9 Å². The van der Waals surface area contributed by atoms with Crippen LogP contribution < -0.4 is 10.2 Å². The van der Waals surface area contributed by atoms with Crippen LogP contribution in [0, 0.1) is 13.8 Å². The molecule has 1 aliphatic heterocycles. The third-order valence-electron chi connectivity index (χ3n) is 5.23. The molecule has 0 atom stereocenters. The summed E-state index contributed by atoms with van der Waals surface area (Å²) in [5.41, 5.74) is 4.66. The van der Waals surface area contributed by atoms with Gasteiger partial charge in [-0.15, -0.1) is 11.3 Å². The van der Waals surface area contributed by atoms with Crippen molar-refractivity contribution in [2.45, 2.75) is 33.1 Å². The van der Waals surface area contributed by atoms with E-state index in [0.717, 1.165) is 36.1 Å². The molecule has 1 N–H and O–H groups in total. The van der Waals surface area contributed by atoms with Gasteiger partial charge in [0.1, 0.15) is 0 Å². The van der Waals surface area contributed by atoms with E-state index in [-0.39, 0.29) is 11.8 Å². The lowest BCUT2D eigenvalue weighted by molar-refractivity contribution is 0.0986. The number of benzene rings is 2. The molecule has 4 nitrogen and oxygen atoms in total. The number of aryl methyl sites for hydroxylation is 3. The summed E-state index contributed by atoms with van der Waals surface area (Å²) in [6.45, 7) is 4.61. The summed E-state index contributed by atoms with van der Waals surface area (Å²) in [6.07, 6.45) is 3.05. The van der Waals surface area contributed by atoms with Gasteiger partial charge in [-0.1, -0.05) is 28.8 Å². The highest BCUT2D eigenvalue weighted by Crippen LogP contribution is 2.33. The van der Waals surface area contributed by atoms with E-state index in [9.17, 15) is 9.59 Å². The number of fused-ring (bicyclic) bond motifs is 1. The van der Waals surface area contributed by atoms with Gasteiger partial charge in [0.25, 0.3) is 11.8 Å². The van der Waals surface area contributed by atoms with E-state index in [1.54, 1.807) is 29.5 Å². The monoisotopic (exact) mass is 438 g/mol. The number of rotatable bonds is 3. The van der Waals surface area contributed by atoms with Crippen LogP contribution in [0.5, 0.6) is 0 Å². The maximum atomic E-state index is 13.2. The van der Waals surface area contributed by atoms with E-state index >= 15 is 0 Å². The van der Waals surface area contributed by atoms with Crippen molar-refractivity contribution in [2.24, 2.45) is 0 Å². The van der Waals surface area contributed by atoms with Gasteiger partial charge < -0.3 is 10.2 Å². The lowest BCUT2D eigenvalue weighted by atomic mass is 10.1. The SMILES string of the molecule is Cc1cc(C)cc(C(=O)Nc2ccc(C(=O)N3CCCCc4sccc43)c(Cl)c2)c1. The molecule has 30 heavy (non-hydrogen) atoms. The molecule has 0 saturated carbocycles. The minimum atomic E-state index is -0.202. The molecule has 2 amide bonds. The highest BCUT2D eigenvalue weighted by molar-refractivity contribution is 7.10. The maximum absolute atomic E-state index is 13.2. The molecular formula is C24H23ClN2O2S. The summed E-state index contributed by atoms with van der Waals surface area (Å²) < 4.78 is 0. The Balaban J connectivity index is 1.55. The quantitative estimate of drug-likeness (QED) is 0.525. The van der Waals surface area contributed by atoms with Crippen molar-refractivity contribution in [3.63, 3.8) is 0 Å². The van der Waals surface area contributed by atoms with Crippen molar-refractivity contribution in [1.82, 2.24) is 0 Å². The fourth-order valence-electron chi connectivity index (χ4n) is 3.87. The average molecular weight is 439 g/mol. The second kappa shape index (κ2) is 8.62. The van der Waals surface area contributed by atoms with Crippen molar-refractivity contribution in [3.05, 3.63) is 80.0 Å². The predicted octanol–water partition coefficient (Wildman–Crippen LogP) is 6.25. The zero-order valence-corrected chi connectivity index (χ0v) is 18.6. The third kappa shape index (κ3) is 4.27. The minimum Gasteiger partial charge on any atom is -0.322 e. The number of nitrogens with zero attached hydrogens (tertiary/aromatic N) is 1. The highest BCUT2D eigenvalue weighted by Gasteiger charge is 2.25. The highest BCUT2D eigenvalue weighted by atomic mass is 35.5. The Labute approximate surface area is 185 Å². The summed E-state index contributed by atoms with van der Waals surface area (Å²) in [5, 5.41) is 5.24. The first-order valence-corrected chi connectivity index (χ1v) is 11.3. The number of halogens is 1. The van der Waals surface area contributed by atoms with Crippen molar-refractivity contribution in [2.75, 3.05) is 16.8 Å². The van der Waals surface area contributed by atoms with Crippen molar-refractivity contribution in [1.29, 1.82) is 0 Å². The van der Waals surface area contributed by atoms with Gasteiger partial charge in [0.05, 0.1) is 16.3 Å². The van der Waals surface area contributed by atoms with E-state index in [1.807, 2.05) is 48.4 Å². The topological polar surface area (TPSA) is 49.4 Å². The number of thiophene rings is 1. The van der Waals surface area contributed by atoms with E-state index in [0.29, 0.717) is 28.4 Å². The Kier molecular flexibility index (Phi) is 5.93. The van der Waals surface area contributed by atoms with Crippen LogP contribution in [0.1, 0.15) is 49.6 Å². The molecule has 3 aromatic rings. The van der Waals surface area contributed by atoms with Crippen LogP contribution in [0.2, 0.25) is 5.02 Å². The fraction of sp³-hybridized carbons (Fsp3) is 0.250. The summed E-state index contributed by atoms with van der Waals surface area (Å²) >= 11 is 8.16. The minimum absolute atomic E-state index is 0.103. The standard InChI is InChI=1S/C24H23ClN2O2S/c1-15-11-16(2)13-17(12-15)23(28)26-18-6-7-19(20(25)14-18)24(29)27-9-4-3-5-22-21(27)8-10-30-22/h6-8,10-14H,3-5,9H2,1-2H3,(H,26,28). The van der Waals surface area contributed by atoms with E-state index in [4.69, 9.17) is 11.6 Å². The summed E-state index contributed by atoms with van der Waals surface area (Å²) in [4.78, 5) is 28.9. The first-order valence-electron chi connectivity index (χ1n) is 10.00. The molecule has 0 fully saturated rings. The number of hydrogen-bond donors (Lipinski definition) is 1. The second-order valence-corrected chi connectivity index (χ2v) is 9.08. The van der Waals surface area contributed by atoms with Gasteiger partial charge >= 0.3 is 0 Å². The molecule has 1 aliphatic rings. The van der Waals surface area contributed by atoms with E-state index < -0.39 is 0 Å². The molecular weight excluding hydrogens is 416 g/mol. The van der Waals surface area contributed by atoms with Gasteiger partial charge in [-0.3, -0.25) is 9.59 Å². The molecule has 0 saturated heterocycles. The second-order valence-electron chi connectivity index (χ2n) is 7.67. The van der Waals surface area contributed by atoms with E-state index in [1.165, 1.54) is 4.88 Å². The normalized spacial score (nSPS) is 13.5. The van der Waals surface area contributed by atoms with E-state index in [2.05, 4.69) is 5.32 Å². The molecule has 2 heterocycles. The maximum Gasteiger partial charge on any atom is 0.259 e. The number of hydrogen-bond acceptors (Lipinski definition) is 3. The largest absolute Gasteiger partial charge is 0.322 e. The zero-order valence-electron chi connectivity index (χ0n) is 17.0. The Morgan fingerprint density at radius 1 is 1.03 bits per heavy atom. The van der Waals surface area contributed by atoms with Crippen LogP contribution in [0.4, 0.5) is 11.4 Å². The number of nitrogens with one attached hydrogen (secondary N) is 1. The third-order valence-corrected chi connectivity index (χ3v) is 6.52. The first-order chi connectivity index (χ1) is 14.4. The number of carbonyl (C=O) groups is 2. The van der Waals surface area contributed by atoms with Gasteiger partial charge in [0.2, 0.25) is 0 Å². The Bertz CT molecular complexity index is 1100. The molecule has 2 aromatic carbocycles. The zero-order chi connectivity index (χ0) is 21.3. The Hall–Kier alpha value is -2.63. The van der Waals surface area contributed by atoms with Gasteiger partial charge in [0.15, 0.2) is 0 Å². The van der Waals surface area contributed by atoms with Gasteiger partial charge in [0, 0.05) is 22.7 Å². The van der Waals surface area contributed by atoms with Crippen LogP contribution in [0.15, 0.2) is 47.8 Å². The average Bonchev–Trinajstić information content (AvgIpc) is 3.06. The fourth-order valence-corrected chi connectivity index (χ4v) is 5.05. The molecule has 154 valence electrons. The smallest absolute Gasteiger partial charge is 0.259 e. The summed E-state index contributed by atoms with van der Waals surface area (Å²) in [7, 11) is 0. The van der Waals surface area contributed by atoms with Crippen molar-refractivity contribution >= 4 is 46.1 Å². The Morgan fingerprint density at radius 3 is 2.53 bits per heavy atom. The Morgan fingerprint density at radius 2 is 1.80 bits per heavy atom. The first kappa shape index (κ1) is 20.6. The summed E-state index contributed by atoms with van der Waals surface area (Å²) in [6, 6.07) is 12.8. The van der Waals surface area contributed by atoms with Crippen LogP contribution in [0.25, 0.3) is 0 Å². The summed E-state index contributed by atoms with van der Waals surface area (Å²) in [5.74, 6) is -0.305.